The van der Waals surface area contributed by atoms with Crippen LogP contribution < -0.4 is 5.46 Å². The number of nitrogens with zero attached hydrogens (tertiary/aromatic N) is 2. The van der Waals surface area contributed by atoms with E-state index in [1.54, 1.807) is 12.1 Å². The van der Waals surface area contributed by atoms with Crippen molar-refractivity contribution in [1.29, 1.82) is 0 Å². The molecule has 0 saturated carbocycles. The first kappa shape index (κ1) is 14.5. The van der Waals surface area contributed by atoms with E-state index in [1.807, 2.05) is 0 Å². The summed E-state index contributed by atoms with van der Waals surface area (Å²) in [5, 5.41) is 18.0. The first-order chi connectivity index (χ1) is 9.10. The molecule has 2 N–H and O–H groups in total. The SMILES string of the molecule is CCN1CCN(Cc2ccc(B(O)O)cc2F)CC1. The average molecular weight is 266 g/mol. The summed E-state index contributed by atoms with van der Waals surface area (Å²) >= 11 is 0. The third-order valence-electron chi connectivity index (χ3n) is 3.68. The van der Waals surface area contributed by atoms with Gasteiger partial charge in [-0.05, 0) is 18.1 Å². The number of rotatable bonds is 4. The molecule has 0 amide bonds. The van der Waals surface area contributed by atoms with Crippen LogP contribution in [-0.2, 0) is 6.54 Å². The molecule has 104 valence electrons. The molecule has 0 spiro atoms. The van der Waals surface area contributed by atoms with Crippen LogP contribution in [0.3, 0.4) is 0 Å². The molecule has 1 heterocycles. The molecule has 0 unspecified atom stereocenters. The van der Waals surface area contributed by atoms with Gasteiger partial charge in [-0.25, -0.2) is 4.39 Å². The number of benzene rings is 1. The highest BCUT2D eigenvalue weighted by atomic mass is 19.1. The molecule has 4 nitrogen and oxygen atoms in total. The zero-order valence-corrected chi connectivity index (χ0v) is 11.2. The maximum atomic E-state index is 13.8. The highest BCUT2D eigenvalue weighted by molar-refractivity contribution is 6.58. The minimum atomic E-state index is -1.61. The lowest BCUT2D eigenvalue weighted by Gasteiger charge is -2.34. The zero-order chi connectivity index (χ0) is 13.8. The number of likely N-dealkylation sites (N-methyl/N-ethyl adjacent to an activating group) is 1. The molecule has 1 aliphatic heterocycles. The molecule has 1 aromatic carbocycles. The van der Waals surface area contributed by atoms with Crippen LogP contribution in [0.4, 0.5) is 4.39 Å². The lowest BCUT2D eigenvalue weighted by Crippen LogP contribution is -2.45. The van der Waals surface area contributed by atoms with Crippen LogP contribution in [0, 0.1) is 5.82 Å². The molecule has 6 heteroatoms. The van der Waals surface area contributed by atoms with E-state index >= 15 is 0 Å². The molecule has 19 heavy (non-hydrogen) atoms. The summed E-state index contributed by atoms with van der Waals surface area (Å²) in [6.45, 7) is 7.71. The molecule has 1 aliphatic rings. The number of hydrogen-bond acceptors (Lipinski definition) is 4. The molecular weight excluding hydrogens is 246 g/mol. The maximum absolute atomic E-state index is 13.8. The van der Waals surface area contributed by atoms with Crippen LogP contribution in [0.1, 0.15) is 12.5 Å². The monoisotopic (exact) mass is 266 g/mol. The Hall–Kier alpha value is -0.945. The first-order valence-electron chi connectivity index (χ1n) is 6.69. The molecule has 1 fully saturated rings. The normalized spacial score (nSPS) is 17.7. The summed E-state index contributed by atoms with van der Waals surface area (Å²) in [6.07, 6.45) is 0. The fourth-order valence-corrected chi connectivity index (χ4v) is 2.36. The van der Waals surface area contributed by atoms with Gasteiger partial charge in [-0.3, -0.25) is 4.90 Å². The van der Waals surface area contributed by atoms with Crippen LogP contribution in [0.15, 0.2) is 18.2 Å². The van der Waals surface area contributed by atoms with E-state index in [0.717, 1.165) is 32.7 Å². The quantitative estimate of drug-likeness (QED) is 0.731. The molecule has 0 aliphatic carbocycles. The minimum Gasteiger partial charge on any atom is -0.423 e. The van der Waals surface area contributed by atoms with E-state index in [0.29, 0.717) is 12.1 Å². The second-order valence-corrected chi connectivity index (χ2v) is 4.93. The third-order valence-corrected chi connectivity index (χ3v) is 3.68. The molecule has 2 rings (SSSR count). The van der Waals surface area contributed by atoms with Gasteiger partial charge in [-0.2, -0.15) is 0 Å². The Morgan fingerprint density at radius 1 is 1.16 bits per heavy atom. The summed E-state index contributed by atoms with van der Waals surface area (Å²) in [5.41, 5.74) is 0.798. The molecule has 0 bridgehead atoms. The number of halogens is 1. The van der Waals surface area contributed by atoms with Crippen molar-refractivity contribution in [2.75, 3.05) is 32.7 Å². The Kier molecular flexibility index (Phi) is 4.93. The molecule has 1 aromatic rings. The fourth-order valence-electron chi connectivity index (χ4n) is 2.36. The third kappa shape index (κ3) is 3.76. The van der Waals surface area contributed by atoms with Crippen molar-refractivity contribution in [3.63, 3.8) is 0 Å². The Morgan fingerprint density at radius 2 is 1.79 bits per heavy atom. The minimum absolute atomic E-state index is 0.192. The molecule has 1 saturated heterocycles. The van der Waals surface area contributed by atoms with Crippen molar-refractivity contribution in [3.8, 4) is 0 Å². The summed E-state index contributed by atoms with van der Waals surface area (Å²) < 4.78 is 13.8. The van der Waals surface area contributed by atoms with Crippen molar-refractivity contribution in [3.05, 3.63) is 29.6 Å². The Balaban J connectivity index is 1.96. The molecular formula is C13H20BFN2O2. The second-order valence-electron chi connectivity index (χ2n) is 4.93. The highest BCUT2D eigenvalue weighted by Crippen LogP contribution is 2.11. The molecule has 0 radical (unpaired) electrons. The van der Waals surface area contributed by atoms with Gasteiger partial charge in [0.15, 0.2) is 0 Å². The maximum Gasteiger partial charge on any atom is 0.488 e. The Bertz CT molecular complexity index is 423. The Labute approximate surface area is 113 Å². The van der Waals surface area contributed by atoms with Crippen LogP contribution in [-0.4, -0.2) is 59.7 Å². The van der Waals surface area contributed by atoms with Gasteiger partial charge in [0.1, 0.15) is 5.82 Å². The van der Waals surface area contributed by atoms with Gasteiger partial charge in [-0.1, -0.05) is 19.1 Å². The van der Waals surface area contributed by atoms with Crippen LogP contribution in [0.2, 0.25) is 0 Å². The van der Waals surface area contributed by atoms with Crippen molar-refractivity contribution < 1.29 is 14.4 Å². The van der Waals surface area contributed by atoms with Crippen molar-refractivity contribution in [1.82, 2.24) is 9.80 Å². The second kappa shape index (κ2) is 6.48. The summed E-state index contributed by atoms with van der Waals surface area (Å²) in [6, 6.07) is 4.39. The smallest absolute Gasteiger partial charge is 0.423 e. The lowest BCUT2D eigenvalue weighted by molar-refractivity contribution is 0.131. The molecule has 0 atom stereocenters. The van der Waals surface area contributed by atoms with E-state index in [-0.39, 0.29) is 11.3 Å². The Morgan fingerprint density at radius 3 is 2.32 bits per heavy atom. The van der Waals surface area contributed by atoms with E-state index in [1.165, 1.54) is 6.07 Å². The van der Waals surface area contributed by atoms with Crippen molar-refractivity contribution in [2.45, 2.75) is 13.5 Å². The summed E-state index contributed by atoms with van der Waals surface area (Å²) in [7, 11) is -1.61. The predicted molar refractivity (Wildman–Crippen MR) is 73.6 cm³/mol. The van der Waals surface area contributed by atoms with E-state index in [9.17, 15) is 4.39 Å². The average Bonchev–Trinajstić information content (AvgIpc) is 2.41. The first-order valence-corrected chi connectivity index (χ1v) is 6.69. The largest absolute Gasteiger partial charge is 0.488 e. The van der Waals surface area contributed by atoms with Gasteiger partial charge in [-0.15, -0.1) is 0 Å². The number of hydrogen-bond donors (Lipinski definition) is 2. The summed E-state index contributed by atoms with van der Waals surface area (Å²) in [5.74, 6) is -0.372. The summed E-state index contributed by atoms with van der Waals surface area (Å²) in [4.78, 5) is 4.59. The lowest BCUT2D eigenvalue weighted by atomic mass is 9.80. The van der Waals surface area contributed by atoms with Gasteiger partial charge < -0.3 is 14.9 Å². The van der Waals surface area contributed by atoms with Gasteiger partial charge in [0.05, 0.1) is 0 Å². The topological polar surface area (TPSA) is 46.9 Å². The van der Waals surface area contributed by atoms with E-state index in [2.05, 4.69) is 16.7 Å². The number of piperazine rings is 1. The van der Waals surface area contributed by atoms with Crippen LogP contribution in [0.5, 0.6) is 0 Å². The highest BCUT2D eigenvalue weighted by Gasteiger charge is 2.18. The fraction of sp³-hybridized carbons (Fsp3) is 0.538. The van der Waals surface area contributed by atoms with Crippen molar-refractivity contribution in [2.24, 2.45) is 0 Å². The van der Waals surface area contributed by atoms with E-state index in [4.69, 9.17) is 10.0 Å². The zero-order valence-electron chi connectivity index (χ0n) is 11.2. The predicted octanol–water partition coefficient (Wildman–Crippen LogP) is -0.357. The van der Waals surface area contributed by atoms with Crippen LogP contribution >= 0.6 is 0 Å². The molecule has 0 aromatic heterocycles. The van der Waals surface area contributed by atoms with E-state index < -0.39 is 7.12 Å². The standard InChI is InChI=1S/C13H20BFN2O2/c1-2-16-5-7-17(8-6-16)10-11-3-4-12(14(18)19)9-13(11)15/h3-4,9,18-19H,2,5-8,10H2,1H3. The van der Waals surface area contributed by atoms with Gasteiger partial charge >= 0.3 is 7.12 Å². The van der Waals surface area contributed by atoms with Gasteiger partial charge in [0, 0.05) is 38.3 Å². The van der Waals surface area contributed by atoms with Gasteiger partial charge in [0.25, 0.3) is 0 Å². The van der Waals surface area contributed by atoms with Crippen molar-refractivity contribution >= 4 is 12.6 Å². The van der Waals surface area contributed by atoms with Crippen LogP contribution in [0.25, 0.3) is 0 Å². The van der Waals surface area contributed by atoms with Gasteiger partial charge in [0.2, 0.25) is 0 Å².